The molecule has 0 spiro atoms. The predicted molar refractivity (Wildman–Crippen MR) is 83.6 cm³/mol. The normalized spacial score (nSPS) is 18.1. The fraction of sp³-hybridized carbons (Fsp3) is 0.846. The first-order valence-electron chi connectivity index (χ1n) is 6.99. The molecular formula is C13H26N2O6S. The molecule has 0 radical (unpaired) electrons. The van der Waals surface area contributed by atoms with E-state index in [1.165, 1.54) is 7.11 Å². The third-order valence-electron chi connectivity index (χ3n) is 3.12. The molecule has 0 saturated carbocycles. The molecule has 0 fully saturated rings. The third-order valence-corrected chi connectivity index (χ3v) is 4.29. The smallest absolute Gasteiger partial charge is 0.359 e. The Labute approximate surface area is 134 Å². The number of ether oxygens (including phenoxy) is 2. The first-order chi connectivity index (χ1) is 10.3. The number of carboxylic acids is 1. The average Bonchev–Trinajstić information content (AvgIpc) is 2.47. The van der Waals surface area contributed by atoms with Crippen LogP contribution in [0.2, 0.25) is 0 Å². The molecule has 0 aliphatic rings. The maximum Gasteiger partial charge on any atom is 0.359 e. The second-order valence-electron chi connectivity index (χ2n) is 4.61. The molecule has 1 amide bonds. The summed E-state index contributed by atoms with van der Waals surface area (Å²) in [6.07, 6.45) is -1.06. The molecule has 0 aliphatic heterocycles. The number of nitrogens with one attached hydrogen (secondary N) is 1. The van der Waals surface area contributed by atoms with Crippen LogP contribution in [0.4, 0.5) is 0 Å². The summed E-state index contributed by atoms with van der Waals surface area (Å²) in [6.45, 7) is 4.47. The van der Waals surface area contributed by atoms with E-state index in [-0.39, 0.29) is 11.9 Å². The van der Waals surface area contributed by atoms with E-state index in [9.17, 15) is 19.8 Å². The highest BCUT2D eigenvalue weighted by Crippen LogP contribution is 2.17. The number of hydrogen-bond acceptors (Lipinski definition) is 7. The molecule has 0 heterocycles. The molecule has 0 aliphatic carbocycles. The number of nitrogens with two attached hydrogens (primary N) is 1. The van der Waals surface area contributed by atoms with Crippen molar-refractivity contribution >= 4 is 23.6 Å². The van der Waals surface area contributed by atoms with Gasteiger partial charge in [-0.2, -0.15) is 11.8 Å². The Bertz CT molecular complexity index is 370. The van der Waals surface area contributed by atoms with Gasteiger partial charge >= 0.3 is 5.97 Å². The Kier molecular flexibility index (Phi) is 9.61. The van der Waals surface area contributed by atoms with Gasteiger partial charge in [-0.1, -0.05) is 13.8 Å². The highest BCUT2D eigenvalue weighted by Gasteiger charge is 2.43. The molecule has 5 N–H and O–H groups in total. The first kappa shape index (κ1) is 21.1. The molecule has 8 nitrogen and oxygen atoms in total. The zero-order chi connectivity index (χ0) is 17.3. The number of methoxy groups -OCH3 is 1. The Morgan fingerprint density at radius 2 is 2.00 bits per heavy atom. The van der Waals surface area contributed by atoms with Crippen LogP contribution in [-0.2, 0) is 19.1 Å². The third kappa shape index (κ3) is 5.40. The number of aliphatic hydroxyl groups is 1. The fourth-order valence-corrected chi connectivity index (χ4v) is 2.77. The van der Waals surface area contributed by atoms with E-state index in [4.69, 9.17) is 15.2 Å². The first-order valence-corrected chi connectivity index (χ1v) is 8.04. The van der Waals surface area contributed by atoms with Gasteiger partial charge in [-0.05, 0) is 12.7 Å². The summed E-state index contributed by atoms with van der Waals surface area (Å²) >= 11 is 1.56. The molecule has 0 bridgehead atoms. The molecule has 130 valence electrons. The minimum absolute atomic E-state index is 0.00106. The van der Waals surface area contributed by atoms with Gasteiger partial charge in [0.2, 0.25) is 0 Å². The molecule has 4 atom stereocenters. The van der Waals surface area contributed by atoms with Crippen LogP contribution in [0.5, 0.6) is 0 Å². The average molecular weight is 338 g/mol. The minimum Gasteiger partial charge on any atom is -0.478 e. The van der Waals surface area contributed by atoms with Crippen LogP contribution in [-0.4, -0.2) is 71.3 Å². The van der Waals surface area contributed by atoms with E-state index in [2.05, 4.69) is 5.32 Å². The number of carboxylic acid groups (broad SMARTS) is 1. The van der Waals surface area contributed by atoms with Crippen LogP contribution >= 0.6 is 11.8 Å². The number of aliphatic carboxylic acids is 1. The van der Waals surface area contributed by atoms with Gasteiger partial charge in [0.15, 0.2) is 6.10 Å². The van der Waals surface area contributed by atoms with Gasteiger partial charge in [-0.15, -0.1) is 0 Å². The van der Waals surface area contributed by atoms with E-state index in [0.717, 1.165) is 5.75 Å². The summed E-state index contributed by atoms with van der Waals surface area (Å²) in [5.41, 5.74) is 3.81. The number of hydrogen-bond donors (Lipinski definition) is 4. The number of aliphatic hydroxyl groups excluding tert-OH is 1. The van der Waals surface area contributed by atoms with Gasteiger partial charge in [0.25, 0.3) is 11.6 Å². The zero-order valence-corrected chi connectivity index (χ0v) is 14.2. The summed E-state index contributed by atoms with van der Waals surface area (Å²) in [7, 11) is 1.31. The van der Waals surface area contributed by atoms with Crippen molar-refractivity contribution in [2.24, 2.45) is 5.73 Å². The molecule has 0 aromatic carbocycles. The molecule has 22 heavy (non-hydrogen) atoms. The van der Waals surface area contributed by atoms with Crippen LogP contribution in [0.1, 0.15) is 20.8 Å². The van der Waals surface area contributed by atoms with Crippen molar-refractivity contribution in [2.45, 2.75) is 43.9 Å². The maximum absolute atomic E-state index is 12.3. The van der Waals surface area contributed by atoms with Crippen LogP contribution < -0.4 is 11.1 Å². The number of carbonyl (C=O) groups is 2. The summed E-state index contributed by atoms with van der Waals surface area (Å²) in [5.74, 6) is -1.42. The van der Waals surface area contributed by atoms with E-state index >= 15 is 0 Å². The van der Waals surface area contributed by atoms with Crippen LogP contribution in [0.3, 0.4) is 0 Å². The quantitative estimate of drug-likeness (QED) is 0.367. The van der Waals surface area contributed by atoms with Crippen molar-refractivity contribution < 1.29 is 29.3 Å². The Morgan fingerprint density at radius 3 is 2.36 bits per heavy atom. The predicted octanol–water partition coefficient (Wildman–Crippen LogP) is -0.604. The van der Waals surface area contributed by atoms with Gasteiger partial charge in [0.05, 0.1) is 6.04 Å². The number of amides is 1. The lowest BCUT2D eigenvalue weighted by atomic mass is 10.1. The van der Waals surface area contributed by atoms with Crippen molar-refractivity contribution in [2.75, 3.05) is 26.1 Å². The lowest BCUT2D eigenvalue weighted by molar-refractivity contribution is -0.182. The Morgan fingerprint density at radius 1 is 1.41 bits per heavy atom. The topological polar surface area (TPSA) is 131 Å². The zero-order valence-electron chi connectivity index (χ0n) is 13.4. The van der Waals surface area contributed by atoms with E-state index < -0.39 is 36.4 Å². The number of rotatable bonds is 11. The van der Waals surface area contributed by atoms with Gasteiger partial charge in [0, 0.05) is 19.0 Å². The standard InChI is InChI=1S/C13H26N2O6S/c1-5-21-13(7-16,12(18)19)15-11(17)10(20-4)9(14)8(3)22-6-2/h8-10,16H,5-7,14H2,1-4H3,(H,15,17)(H,18,19). The number of carbonyl (C=O) groups excluding carboxylic acids is 1. The van der Waals surface area contributed by atoms with Crippen LogP contribution in [0.15, 0.2) is 0 Å². The van der Waals surface area contributed by atoms with Crippen molar-refractivity contribution in [1.82, 2.24) is 5.32 Å². The van der Waals surface area contributed by atoms with Crippen LogP contribution in [0, 0.1) is 0 Å². The van der Waals surface area contributed by atoms with Gasteiger partial charge in [-0.3, -0.25) is 4.79 Å². The second-order valence-corrected chi connectivity index (χ2v) is 6.26. The summed E-state index contributed by atoms with van der Waals surface area (Å²) in [6, 6.07) is -0.637. The van der Waals surface area contributed by atoms with Gasteiger partial charge in [0.1, 0.15) is 6.61 Å². The summed E-state index contributed by atoms with van der Waals surface area (Å²) in [4.78, 5) is 23.6. The summed E-state index contributed by atoms with van der Waals surface area (Å²) < 4.78 is 10.1. The Hall–Kier alpha value is -0.870. The molecule has 0 saturated heterocycles. The van der Waals surface area contributed by atoms with Gasteiger partial charge < -0.3 is 30.7 Å². The van der Waals surface area contributed by atoms with Crippen LogP contribution in [0.25, 0.3) is 0 Å². The lowest BCUT2D eigenvalue weighted by Crippen LogP contribution is -2.63. The highest BCUT2D eigenvalue weighted by atomic mass is 32.2. The molecule has 0 aromatic heterocycles. The summed E-state index contributed by atoms with van der Waals surface area (Å²) in [5, 5.41) is 20.6. The molecule has 9 heteroatoms. The van der Waals surface area contributed by atoms with Crippen molar-refractivity contribution in [3.8, 4) is 0 Å². The maximum atomic E-state index is 12.3. The molecule has 0 rings (SSSR count). The molecule has 0 aromatic rings. The van der Waals surface area contributed by atoms with Gasteiger partial charge in [-0.25, -0.2) is 4.79 Å². The van der Waals surface area contributed by atoms with E-state index in [1.54, 1.807) is 18.7 Å². The fourth-order valence-electron chi connectivity index (χ4n) is 1.88. The number of thioether (sulfide) groups is 1. The molecular weight excluding hydrogens is 312 g/mol. The minimum atomic E-state index is -2.20. The highest BCUT2D eigenvalue weighted by molar-refractivity contribution is 7.99. The van der Waals surface area contributed by atoms with E-state index in [0.29, 0.717) is 0 Å². The molecule has 4 unspecified atom stereocenters. The second kappa shape index (κ2) is 10.0. The monoisotopic (exact) mass is 338 g/mol. The largest absolute Gasteiger partial charge is 0.478 e. The lowest BCUT2D eigenvalue weighted by Gasteiger charge is -2.32. The van der Waals surface area contributed by atoms with Crippen molar-refractivity contribution in [3.05, 3.63) is 0 Å². The van der Waals surface area contributed by atoms with E-state index in [1.807, 2.05) is 13.8 Å². The van der Waals surface area contributed by atoms with Crippen molar-refractivity contribution in [3.63, 3.8) is 0 Å². The SMILES string of the molecule is CCOC(CO)(NC(=O)C(OC)C(N)C(C)SCC)C(=O)O. The Balaban J connectivity index is 5.13. The van der Waals surface area contributed by atoms with Crippen molar-refractivity contribution in [1.29, 1.82) is 0 Å².